The van der Waals surface area contributed by atoms with Gasteiger partial charge in [0.25, 0.3) is 10.0 Å². The summed E-state index contributed by atoms with van der Waals surface area (Å²) in [5.41, 5.74) is -0.124. The molecule has 1 amide bonds. The average Bonchev–Trinajstić information content (AvgIpc) is 2.90. The van der Waals surface area contributed by atoms with Gasteiger partial charge in [0, 0.05) is 17.1 Å². The number of anilines is 1. The summed E-state index contributed by atoms with van der Waals surface area (Å²) >= 11 is 5.92. The zero-order valence-electron chi connectivity index (χ0n) is 21.2. The van der Waals surface area contributed by atoms with Crippen LogP contribution >= 0.6 is 11.6 Å². The molecule has 4 rings (SSSR count). The number of hydrogen-bond acceptors (Lipinski definition) is 4. The van der Waals surface area contributed by atoms with Crippen molar-refractivity contribution in [3.05, 3.63) is 94.3 Å². The SMILES string of the molecule is C[C@H](c1ccc(F)cc1COC(=O)NC1CCCCC1)N(c1cc(F)ccc1F)S(=O)(=O)c1ccc(Cl)cc1. The van der Waals surface area contributed by atoms with Gasteiger partial charge < -0.3 is 10.1 Å². The highest BCUT2D eigenvalue weighted by Crippen LogP contribution is 2.37. The molecule has 6 nitrogen and oxygen atoms in total. The van der Waals surface area contributed by atoms with E-state index in [9.17, 15) is 22.0 Å². The first kappa shape index (κ1) is 28.8. The number of nitrogens with one attached hydrogen (secondary N) is 1. The number of ether oxygens (including phenoxy) is 1. The Morgan fingerprint density at radius 2 is 1.64 bits per heavy atom. The number of halogens is 4. The molecule has 1 atom stereocenters. The van der Waals surface area contributed by atoms with Crippen LogP contribution in [0.25, 0.3) is 0 Å². The topological polar surface area (TPSA) is 75.7 Å². The number of carbonyl (C=O) groups excluding carboxylic acids is 1. The van der Waals surface area contributed by atoms with E-state index in [1.807, 2.05) is 0 Å². The maximum atomic E-state index is 15.0. The van der Waals surface area contributed by atoms with Crippen LogP contribution in [0.5, 0.6) is 0 Å². The molecule has 1 saturated carbocycles. The van der Waals surface area contributed by atoms with Crippen molar-refractivity contribution in [2.75, 3.05) is 4.31 Å². The molecule has 0 saturated heterocycles. The first-order valence-electron chi connectivity index (χ1n) is 12.5. The van der Waals surface area contributed by atoms with Crippen molar-refractivity contribution < 1.29 is 31.1 Å². The lowest BCUT2D eigenvalue weighted by atomic mass is 9.96. The van der Waals surface area contributed by atoms with Crippen LogP contribution in [0.3, 0.4) is 0 Å². The molecule has 1 N–H and O–H groups in total. The molecule has 39 heavy (non-hydrogen) atoms. The molecule has 3 aromatic rings. The second-order valence-electron chi connectivity index (χ2n) is 9.43. The standard InChI is InChI=1S/C28H28ClF3N2O4S/c1-18(25-13-9-21(30)15-19(25)17-38-28(35)33-23-5-3-2-4-6-23)34(27-16-22(31)10-14-26(27)32)39(36,37)24-11-7-20(29)8-12-24/h7-16,18,23H,2-6,17H2,1H3,(H,33,35)/t18-/m1/s1. The first-order chi connectivity index (χ1) is 18.6. The minimum atomic E-state index is -4.48. The summed E-state index contributed by atoms with van der Waals surface area (Å²) in [6, 6.07) is 10.1. The van der Waals surface area contributed by atoms with E-state index in [2.05, 4.69) is 5.32 Å². The highest BCUT2D eigenvalue weighted by molar-refractivity contribution is 7.92. The fourth-order valence-electron chi connectivity index (χ4n) is 4.75. The zero-order chi connectivity index (χ0) is 28.2. The lowest BCUT2D eigenvalue weighted by molar-refractivity contribution is 0.132. The quantitative estimate of drug-likeness (QED) is 0.304. The second-order valence-corrected chi connectivity index (χ2v) is 11.7. The molecule has 3 aromatic carbocycles. The van der Waals surface area contributed by atoms with E-state index in [-0.39, 0.29) is 33.7 Å². The molecule has 208 valence electrons. The number of sulfonamides is 1. The zero-order valence-corrected chi connectivity index (χ0v) is 22.7. The van der Waals surface area contributed by atoms with E-state index in [1.54, 1.807) is 0 Å². The minimum Gasteiger partial charge on any atom is -0.445 e. The van der Waals surface area contributed by atoms with Crippen molar-refractivity contribution in [1.29, 1.82) is 0 Å². The third kappa shape index (κ3) is 6.86. The summed E-state index contributed by atoms with van der Waals surface area (Å²) < 4.78 is 77.2. The number of rotatable bonds is 8. The van der Waals surface area contributed by atoms with Gasteiger partial charge >= 0.3 is 6.09 Å². The van der Waals surface area contributed by atoms with Crippen LogP contribution in [0.4, 0.5) is 23.7 Å². The van der Waals surface area contributed by atoms with Crippen molar-refractivity contribution in [1.82, 2.24) is 5.32 Å². The summed E-state index contributed by atoms with van der Waals surface area (Å²) in [6.07, 6.45) is 4.13. The van der Waals surface area contributed by atoms with Gasteiger partial charge in [-0.2, -0.15) is 0 Å². The summed E-state index contributed by atoms with van der Waals surface area (Å²) in [7, 11) is -4.48. The van der Waals surface area contributed by atoms with Gasteiger partial charge in [-0.05, 0) is 79.4 Å². The second kappa shape index (κ2) is 12.3. The number of carbonyl (C=O) groups is 1. The fourth-order valence-corrected chi connectivity index (χ4v) is 6.51. The van der Waals surface area contributed by atoms with Crippen LogP contribution in [0.2, 0.25) is 5.02 Å². The van der Waals surface area contributed by atoms with Gasteiger partial charge in [-0.1, -0.05) is 36.9 Å². The van der Waals surface area contributed by atoms with E-state index in [0.717, 1.165) is 66.7 Å². The smallest absolute Gasteiger partial charge is 0.407 e. The Hall–Kier alpha value is -3.24. The number of benzene rings is 3. The minimum absolute atomic E-state index is 0.00637. The van der Waals surface area contributed by atoms with Crippen molar-refractivity contribution in [2.45, 2.75) is 62.6 Å². The first-order valence-corrected chi connectivity index (χ1v) is 14.3. The summed E-state index contributed by atoms with van der Waals surface area (Å²) in [4.78, 5) is 12.2. The van der Waals surface area contributed by atoms with E-state index < -0.39 is 45.3 Å². The fraction of sp³-hybridized carbons (Fsp3) is 0.321. The number of amides is 1. The third-order valence-corrected chi connectivity index (χ3v) is 8.86. The predicted molar refractivity (Wildman–Crippen MR) is 142 cm³/mol. The van der Waals surface area contributed by atoms with E-state index in [0.29, 0.717) is 0 Å². The summed E-state index contributed by atoms with van der Waals surface area (Å²) in [5.74, 6) is -2.47. The Morgan fingerprint density at radius 1 is 1.00 bits per heavy atom. The predicted octanol–water partition coefficient (Wildman–Crippen LogP) is 7.27. The van der Waals surface area contributed by atoms with Gasteiger partial charge in [-0.15, -0.1) is 0 Å². The third-order valence-electron chi connectivity index (χ3n) is 6.71. The van der Waals surface area contributed by atoms with Crippen LogP contribution in [-0.4, -0.2) is 20.6 Å². The van der Waals surface area contributed by atoms with E-state index >= 15 is 4.39 Å². The molecular weight excluding hydrogens is 553 g/mol. The monoisotopic (exact) mass is 580 g/mol. The highest BCUT2D eigenvalue weighted by atomic mass is 35.5. The number of alkyl carbamates (subject to hydrolysis) is 1. The molecule has 1 aliphatic carbocycles. The summed E-state index contributed by atoms with van der Waals surface area (Å²) in [5, 5.41) is 3.09. The van der Waals surface area contributed by atoms with Crippen LogP contribution in [0.15, 0.2) is 65.6 Å². The lowest BCUT2D eigenvalue weighted by Gasteiger charge is -2.32. The van der Waals surface area contributed by atoms with Crippen LogP contribution in [-0.2, 0) is 21.4 Å². The number of hydrogen-bond donors (Lipinski definition) is 1. The average molecular weight is 581 g/mol. The molecule has 0 bridgehead atoms. The Labute approximate surface area is 230 Å². The van der Waals surface area contributed by atoms with E-state index in [4.69, 9.17) is 16.3 Å². The van der Waals surface area contributed by atoms with Crippen LogP contribution < -0.4 is 9.62 Å². The van der Waals surface area contributed by atoms with Gasteiger partial charge in [0.05, 0.1) is 16.6 Å². The van der Waals surface area contributed by atoms with Crippen LogP contribution in [0, 0.1) is 17.5 Å². The van der Waals surface area contributed by atoms with Gasteiger partial charge in [0.1, 0.15) is 24.1 Å². The van der Waals surface area contributed by atoms with Crippen molar-refractivity contribution in [3.8, 4) is 0 Å². The van der Waals surface area contributed by atoms with Crippen molar-refractivity contribution in [3.63, 3.8) is 0 Å². The van der Waals surface area contributed by atoms with Crippen LogP contribution in [0.1, 0.15) is 56.2 Å². The Kier molecular flexibility index (Phi) is 9.07. The Balaban J connectivity index is 1.70. The van der Waals surface area contributed by atoms with Crippen molar-refractivity contribution >= 4 is 33.4 Å². The lowest BCUT2D eigenvalue weighted by Crippen LogP contribution is -2.37. The molecule has 0 aromatic heterocycles. The molecule has 11 heteroatoms. The normalized spacial score (nSPS) is 15.0. The number of nitrogens with zero attached hydrogens (tertiary/aromatic N) is 1. The van der Waals surface area contributed by atoms with Crippen molar-refractivity contribution in [2.24, 2.45) is 0 Å². The van der Waals surface area contributed by atoms with Gasteiger partial charge in [-0.25, -0.2) is 26.4 Å². The summed E-state index contributed by atoms with van der Waals surface area (Å²) in [6.45, 7) is 1.09. The Morgan fingerprint density at radius 3 is 2.33 bits per heavy atom. The van der Waals surface area contributed by atoms with Gasteiger partial charge in [0.2, 0.25) is 0 Å². The molecule has 0 aliphatic heterocycles. The maximum absolute atomic E-state index is 15.0. The molecule has 0 spiro atoms. The van der Waals surface area contributed by atoms with Gasteiger partial charge in [0.15, 0.2) is 0 Å². The molecule has 0 heterocycles. The maximum Gasteiger partial charge on any atom is 0.407 e. The molecular formula is C28H28ClF3N2O4S. The molecule has 1 fully saturated rings. The Bertz CT molecular complexity index is 1430. The largest absolute Gasteiger partial charge is 0.445 e. The highest BCUT2D eigenvalue weighted by Gasteiger charge is 2.34. The van der Waals surface area contributed by atoms with Gasteiger partial charge in [-0.3, -0.25) is 4.31 Å². The molecule has 1 aliphatic rings. The van der Waals surface area contributed by atoms with E-state index in [1.165, 1.54) is 37.3 Å². The molecule has 0 radical (unpaired) electrons. The molecule has 0 unspecified atom stereocenters.